The second-order valence-electron chi connectivity index (χ2n) is 7.75. The fourth-order valence-corrected chi connectivity index (χ4v) is 3.86. The molecule has 4 aromatic rings. The van der Waals surface area contributed by atoms with Crippen molar-refractivity contribution in [1.29, 1.82) is 0 Å². The maximum atomic E-state index is 12.4. The zero-order valence-electron chi connectivity index (χ0n) is 18.8. The molecule has 0 bridgehead atoms. The normalized spacial score (nSPS) is 11.7. The van der Waals surface area contributed by atoms with Crippen molar-refractivity contribution in [1.82, 2.24) is 30.3 Å². The summed E-state index contributed by atoms with van der Waals surface area (Å²) in [5.41, 5.74) is 3.85. The number of rotatable bonds is 7. The summed E-state index contributed by atoms with van der Waals surface area (Å²) in [6, 6.07) is 8.56. The molecule has 2 heterocycles. The predicted octanol–water partition coefficient (Wildman–Crippen LogP) is 3.81. The number of benzene rings is 2. The van der Waals surface area contributed by atoms with Gasteiger partial charge in [0.2, 0.25) is 0 Å². The summed E-state index contributed by atoms with van der Waals surface area (Å²) in [7, 11) is 3.14. The number of methoxy groups -OCH3 is 1. The molecule has 2 aromatic heterocycles. The van der Waals surface area contributed by atoms with Gasteiger partial charge in [-0.2, -0.15) is 23.4 Å². The number of hydrogen-bond donors (Lipinski definition) is 2. The van der Waals surface area contributed by atoms with Gasteiger partial charge >= 0.3 is 6.18 Å². The minimum Gasteiger partial charge on any atom is -0.496 e. The number of H-pyrrole nitrogens is 1. The Balaban J connectivity index is 1.60. The number of halogens is 3. The lowest BCUT2D eigenvalue weighted by Crippen LogP contribution is -2.33. The van der Waals surface area contributed by atoms with Crippen molar-refractivity contribution in [3.8, 4) is 17.1 Å². The molecule has 2 N–H and O–H groups in total. The van der Waals surface area contributed by atoms with Crippen molar-refractivity contribution >= 4 is 16.8 Å². The first-order chi connectivity index (χ1) is 16.2. The van der Waals surface area contributed by atoms with Crippen LogP contribution in [0.2, 0.25) is 0 Å². The smallest absolute Gasteiger partial charge is 0.405 e. The van der Waals surface area contributed by atoms with Crippen LogP contribution >= 0.6 is 0 Å². The number of fused-ring (bicyclic) bond motifs is 1. The molecular formula is C23H23F3N6O2. The molecule has 1 amide bonds. The molecule has 2 aromatic carbocycles. The number of carbonyl (C=O) groups excluding carboxylic acids is 1. The van der Waals surface area contributed by atoms with E-state index in [-0.39, 0.29) is 11.3 Å². The zero-order valence-corrected chi connectivity index (χ0v) is 18.8. The number of aromatic nitrogens is 5. The molecule has 178 valence electrons. The van der Waals surface area contributed by atoms with Gasteiger partial charge in [-0.05, 0) is 35.7 Å². The van der Waals surface area contributed by atoms with Crippen LogP contribution in [0.3, 0.4) is 0 Å². The molecule has 0 saturated heterocycles. The molecule has 0 radical (unpaired) electrons. The minimum absolute atomic E-state index is 0.00680. The summed E-state index contributed by atoms with van der Waals surface area (Å²) >= 11 is 0. The van der Waals surface area contributed by atoms with Crippen molar-refractivity contribution in [2.45, 2.75) is 25.9 Å². The lowest BCUT2D eigenvalue weighted by atomic mass is 9.98. The van der Waals surface area contributed by atoms with E-state index in [9.17, 15) is 18.0 Å². The number of aromatic amines is 1. The molecular weight excluding hydrogens is 449 g/mol. The monoisotopic (exact) mass is 472 g/mol. The lowest BCUT2D eigenvalue weighted by molar-refractivity contribution is -0.123. The third-order valence-corrected chi connectivity index (χ3v) is 5.54. The number of amides is 1. The van der Waals surface area contributed by atoms with E-state index in [0.29, 0.717) is 17.8 Å². The predicted molar refractivity (Wildman–Crippen MR) is 120 cm³/mol. The Morgan fingerprint density at radius 3 is 2.74 bits per heavy atom. The van der Waals surface area contributed by atoms with Gasteiger partial charge in [-0.1, -0.05) is 19.1 Å². The first-order valence-electron chi connectivity index (χ1n) is 10.6. The Hall–Kier alpha value is -3.89. The summed E-state index contributed by atoms with van der Waals surface area (Å²) in [6.07, 6.45) is -1.29. The molecule has 4 rings (SSSR count). The molecule has 0 spiro atoms. The van der Waals surface area contributed by atoms with E-state index in [1.165, 1.54) is 24.8 Å². The van der Waals surface area contributed by atoms with Crippen LogP contribution in [-0.2, 0) is 19.9 Å². The second-order valence-corrected chi connectivity index (χ2v) is 7.75. The fourth-order valence-electron chi connectivity index (χ4n) is 3.86. The average molecular weight is 472 g/mol. The van der Waals surface area contributed by atoms with E-state index in [2.05, 4.69) is 27.2 Å². The van der Waals surface area contributed by atoms with Crippen LogP contribution < -0.4 is 10.1 Å². The number of nitrogens with zero attached hydrogens (tertiary/aromatic N) is 4. The number of ether oxygens (including phenoxy) is 1. The summed E-state index contributed by atoms with van der Waals surface area (Å²) in [5.74, 6) is 0.404. The van der Waals surface area contributed by atoms with Crippen LogP contribution in [0.5, 0.6) is 5.75 Å². The first-order valence-corrected chi connectivity index (χ1v) is 10.6. The van der Waals surface area contributed by atoms with Gasteiger partial charge in [-0.25, -0.2) is 4.98 Å². The fraction of sp³-hybridized carbons (Fsp3) is 0.304. The topological polar surface area (TPSA) is 97.7 Å². The largest absolute Gasteiger partial charge is 0.496 e. The average Bonchev–Trinajstić information content (AvgIpc) is 3.43. The SMILES string of the molecule is CCc1c(Cc2nc(-c3ccc(C(=O)NCC(F)(F)F)c(OC)c3)nn2C)ccc2[nH]ncc12. The number of alkyl halides is 3. The third kappa shape index (κ3) is 4.73. The Labute approximate surface area is 193 Å². The highest BCUT2D eigenvalue weighted by Crippen LogP contribution is 2.28. The van der Waals surface area contributed by atoms with Crippen molar-refractivity contribution in [2.75, 3.05) is 13.7 Å². The first kappa shape index (κ1) is 23.3. The Morgan fingerprint density at radius 2 is 2.03 bits per heavy atom. The molecule has 0 aliphatic carbocycles. The molecule has 11 heteroatoms. The summed E-state index contributed by atoms with van der Waals surface area (Å²) in [5, 5.41) is 14.5. The molecule has 8 nitrogen and oxygen atoms in total. The van der Waals surface area contributed by atoms with Crippen LogP contribution in [-0.4, -0.2) is 50.7 Å². The van der Waals surface area contributed by atoms with E-state index >= 15 is 0 Å². The molecule has 0 atom stereocenters. The zero-order chi connectivity index (χ0) is 24.5. The van der Waals surface area contributed by atoms with Crippen LogP contribution in [0, 0.1) is 0 Å². The summed E-state index contributed by atoms with van der Waals surface area (Å²) in [6.45, 7) is 0.665. The maximum absolute atomic E-state index is 12.4. The lowest BCUT2D eigenvalue weighted by Gasteiger charge is -2.11. The van der Waals surface area contributed by atoms with E-state index in [4.69, 9.17) is 4.74 Å². The van der Waals surface area contributed by atoms with Gasteiger partial charge in [0.15, 0.2) is 5.82 Å². The van der Waals surface area contributed by atoms with Gasteiger partial charge < -0.3 is 10.1 Å². The van der Waals surface area contributed by atoms with Crippen LogP contribution in [0.4, 0.5) is 13.2 Å². The molecule has 0 saturated carbocycles. The van der Waals surface area contributed by atoms with Gasteiger partial charge in [0.1, 0.15) is 18.1 Å². The Kier molecular flexibility index (Phi) is 6.27. The number of hydrogen-bond acceptors (Lipinski definition) is 5. The van der Waals surface area contributed by atoms with Crippen molar-refractivity contribution in [2.24, 2.45) is 7.05 Å². The summed E-state index contributed by atoms with van der Waals surface area (Å²) in [4.78, 5) is 16.8. The standard InChI is InChI=1S/C23H23F3N6O2/c1-4-15-13(6-8-18-17(15)11-28-30-18)10-20-29-21(31-32(20)2)14-5-7-16(19(9-14)34-3)22(33)27-12-23(24,25)26/h5-9,11H,4,10,12H2,1-3H3,(H,27,33)(H,28,30). The third-order valence-electron chi connectivity index (χ3n) is 5.54. The van der Waals surface area contributed by atoms with Gasteiger partial charge in [-0.15, -0.1) is 0 Å². The van der Waals surface area contributed by atoms with E-state index < -0.39 is 18.6 Å². The van der Waals surface area contributed by atoms with Gasteiger partial charge in [0.05, 0.1) is 24.4 Å². The molecule has 0 aliphatic rings. The van der Waals surface area contributed by atoms with E-state index in [0.717, 1.165) is 28.7 Å². The molecule has 0 fully saturated rings. The Bertz CT molecular complexity index is 1340. The van der Waals surface area contributed by atoms with Crippen LogP contribution in [0.25, 0.3) is 22.3 Å². The number of nitrogens with one attached hydrogen (secondary N) is 2. The minimum atomic E-state index is -4.50. The molecule has 34 heavy (non-hydrogen) atoms. The number of aryl methyl sites for hydroxylation is 2. The summed E-state index contributed by atoms with van der Waals surface area (Å²) < 4.78 is 44.2. The second kappa shape index (κ2) is 9.16. The van der Waals surface area contributed by atoms with E-state index in [1.807, 2.05) is 23.6 Å². The van der Waals surface area contributed by atoms with Gasteiger partial charge in [0, 0.05) is 24.4 Å². The van der Waals surface area contributed by atoms with Crippen LogP contribution in [0.1, 0.15) is 34.2 Å². The highest BCUT2D eigenvalue weighted by atomic mass is 19.4. The number of carbonyl (C=O) groups is 1. The quantitative estimate of drug-likeness (QED) is 0.426. The van der Waals surface area contributed by atoms with Gasteiger partial charge in [0.25, 0.3) is 5.91 Å². The highest BCUT2D eigenvalue weighted by molar-refractivity contribution is 5.97. The van der Waals surface area contributed by atoms with Crippen molar-refractivity contribution in [3.05, 3.63) is 59.0 Å². The highest BCUT2D eigenvalue weighted by Gasteiger charge is 2.28. The Morgan fingerprint density at radius 1 is 1.24 bits per heavy atom. The van der Waals surface area contributed by atoms with Gasteiger partial charge in [-0.3, -0.25) is 14.6 Å². The van der Waals surface area contributed by atoms with Crippen LogP contribution in [0.15, 0.2) is 36.5 Å². The maximum Gasteiger partial charge on any atom is 0.405 e. The molecule has 0 unspecified atom stereocenters. The van der Waals surface area contributed by atoms with E-state index in [1.54, 1.807) is 17.8 Å². The van der Waals surface area contributed by atoms with Crippen molar-refractivity contribution < 1.29 is 22.7 Å². The van der Waals surface area contributed by atoms with Crippen molar-refractivity contribution in [3.63, 3.8) is 0 Å². The molecule has 0 aliphatic heterocycles.